The Kier molecular flexibility index (Phi) is 0.914. The molecule has 3 nitrogen and oxygen atoms in total. The number of carbonyl (C=O) groups is 1. The SMILES string of the molecule is [2H]C(O)C(=O)O. The van der Waals surface area contributed by atoms with Crippen molar-refractivity contribution in [2.75, 3.05) is 6.58 Å². The van der Waals surface area contributed by atoms with Crippen LogP contribution in [-0.4, -0.2) is 22.8 Å². The van der Waals surface area contributed by atoms with Crippen molar-refractivity contribution in [1.82, 2.24) is 0 Å². The highest BCUT2D eigenvalue weighted by atomic mass is 16.4. The molecule has 0 aromatic heterocycles. The van der Waals surface area contributed by atoms with Gasteiger partial charge in [0.2, 0.25) is 0 Å². The lowest BCUT2D eigenvalue weighted by Crippen LogP contribution is -1.98. The zero-order valence-electron chi connectivity index (χ0n) is 3.38. The number of aliphatic hydroxyl groups excluding tert-OH is 1. The van der Waals surface area contributed by atoms with Crippen LogP contribution < -0.4 is 0 Å². The van der Waals surface area contributed by atoms with E-state index < -0.39 is 12.6 Å². The second-order valence-corrected chi connectivity index (χ2v) is 0.467. The highest BCUT2D eigenvalue weighted by Gasteiger charge is 1.82. The lowest BCUT2D eigenvalue weighted by atomic mass is 10.8. The number of carboxylic acid groups (broad SMARTS) is 1. The third kappa shape index (κ3) is 3.43. The summed E-state index contributed by atoms with van der Waals surface area (Å²) in [7, 11) is 0. The normalized spacial score (nSPS) is 16.6. The first kappa shape index (κ1) is 2.66. The van der Waals surface area contributed by atoms with Crippen molar-refractivity contribution in [3.8, 4) is 0 Å². The molecule has 0 aliphatic rings. The molecule has 0 spiro atoms. The fourth-order valence-electron chi connectivity index (χ4n) is 0. The highest BCUT2D eigenvalue weighted by Crippen LogP contribution is 1.48. The van der Waals surface area contributed by atoms with Crippen molar-refractivity contribution in [3.63, 3.8) is 0 Å². The van der Waals surface area contributed by atoms with Gasteiger partial charge in [0.05, 0.1) is 1.37 Å². The molecule has 0 rings (SSSR count). The Labute approximate surface area is 30.3 Å². The predicted molar refractivity (Wildman–Crippen MR) is 14.7 cm³/mol. The Morgan fingerprint density at radius 1 is 2.20 bits per heavy atom. The fourth-order valence-corrected chi connectivity index (χ4v) is 0. The first-order valence-corrected chi connectivity index (χ1v) is 0.975. The molecular formula is C2H4O3. The standard InChI is InChI=1S/C2H4O3/c3-1-2(4)5/h3H,1H2,(H,4,5)/i1D. The van der Waals surface area contributed by atoms with Crippen LogP contribution in [0.2, 0.25) is 0 Å². The second-order valence-electron chi connectivity index (χ2n) is 0.467. The van der Waals surface area contributed by atoms with Crippen molar-refractivity contribution in [2.45, 2.75) is 0 Å². The van der Waals surface area contributed by atoms with E-state index in [1.54, 1.807) is 0 Å². The summed E-state index contributed by atoms with van der Waals surface area (Å²) in [5.41, 5.74) is 0. The zero-order chi connectivity index (χ0) is 5.15. The Balaban J connectivity index is 3.26. The van der Waals surface area contributed by atoms with Crippen LogP contribution in [-0.2, 0) is 4.79 Å². The van der Waals surface area contributed by atoms with E-state index >= 15 is 0 Å². The van der Waals surface area contributed by atoms with E-state index in [1.165, 1.54) is 0 Å². The molecule has 3 heteroatoms. The first-order valence-electron chi connectivity index (χ1n) is 1.55. The maximum Gasteiger partial charge on any atom is 0.329 e. The quantitative estimate of drug-likeness (QED) is 0.425. The summed E-state index contributed by atoms with van der Waals surface area (Å²) in [5.74, 6) is -1.52. The molecule has 0 saturated carbocycles. The topological polar surface area (TPSA) is 57.5 Å². The molecule has 0 heterocycles. The van der Waals surface area contributed by atoms with E-state index in [4.69, 9.17) is 11.6 Å². The maximum atomic E-state index is 9.26. The van der Waals surface area contributed by atoms with Gasteiger partial charge in [-0.05, 0) is 0 Å². The van der Waals surface area contributed by atoms with Crippen LogP contribution in [0.15, 0.2) is 0 Å². The summed E-state index contributed by atoms with van der Waals surface area (Å²) in [5, 5.41) is 15.2. The molecular weight excluding hydrogens is 72.0 g/mol. The van der Waals surface area contributed by atoms with E-state index in [9.17, 15) is 4.79 Å². The zero-order valence-corrected chi connectivity index (χ0v) is 2.38. The van der Waals surface area contributed by atoms with Gasteiger partial charge in [-0.1, -0.05) is 0 Å². The summed E-state index contributed by atoms with van der Waals surface area (Å²) in [6, 6.07) is 0. The molecule has 0 aliphatic carbocycles. The molecule has 2 N–H and O–H groups in total. The van der Waals surface area contributed by atoms with Gasteiger partial charge in [-0.25, -0.2) is 4.79 Å². The van der Waals surface area contributed by atoms with Gasteiger partial charge in [0.25, 0.3) is 0 Å². The minimum absolute atomic E-state index is 1.52. The summed E-state index contributed by atoms with van der Waals surface area (Å²) < 4.78 is 5.99. The molecule has 0 saturated heterocycles. The summed E-state index contributed by atoms with van der Waals surface area (Å²) in [6.45, 7) is -1.98. The lowest BCUT2D eigenvalue weighted by molar-refractivity contribution is -0.140. The average molecular weight is 77.1 g/mol. The minimum Gasteiger partial charge on any atom is -0.480 e. The second kappa shape index (κ2) is 1.72. The minimum atomic E-state index is -1.98. The van der Waals surface area contributed by atoms with Crippen LogP contribution >= 0.6 is 0 Å². The fraction of sp³-hybridized carbons (Fsp3) is 0.500. The Bertz CT molecular complexity index is 59.8. The number of aliphatic hydroxyl groups is 1. The number of hydrogen-bond acceptors (Lipinski definition) is 2. The van der Waals surface area contributed by atoms with Gasteiger partial charge in [-0.15, -0.1) is 0 Å². The third-order valence-corrected chi connectivity index (χ3v) is 0.110. The molecule has 0 bridgehead atoms. The Morgan fingerprint density at radius 3 is 2.40 bits per heavy atom. The van der Waals surface area contributed by atoms with E-state index in [0.29, 0.717) is 0 Å². The summed E-state index contributed by atoms with van der Waals surface area (Å²) in [4.78, 5) is 9.26. The molecule has 1 atom stereocenters. The van der Waals surface area contributed by atoms with Crippen molar-refractivity contribution in [2.24, 2.45) is 0 Å². The average Bonchev–Trinajstić information content (AvgIpc) is 1.36. The van der Waals surface area contributed by atoms with E-state index in [1.807, 2.05) is 0 Å². The lowest BCUT2D eigenvalue weighted by Gasteiger charge is -1.72. The van der Waals surface area contributed by atoms with Crippen LogP contribution in [0.4, 0.5) is 0 Å². The molecule has 0 radical (unpaired) electrons. The van der Waals surface area contributed by atoms with Gasteiger partial charge in [0.15, 0.2) is 0 Å². The van der Waals surface area contributed by atoms with Gasteiger partial charge in [0, 0.05) is 0 Å². The summed E-state index contributed by atoms with van der Waals surface area (Å²) >= 11 is 0. The molecule has 0 amide bonds. The molecule has 0 fully saturated rings. The largest absolute Gasteiger partial charge is 0.480 e. The van der Waals surface area contributed by atoms with Crippen molar-refractivity contribution < 1.29 is 16.4 Å². The van der Waals surface area contributed by atoms with E-state index in [2.05, 4.69) is 0 Å². The van der Waals surface area contributed by atoms with Crippen molar-refractivity contribution >= 4 is 5.97 Å². The van der Waals surface area contributed by atoms with Gasteiger partial charge in [-0.2, -0.15) is 0 Å². The number of hydrogen-bond donors (Lipinski definition) is 2. The van der Waals surface area contributed by atoms with Crippen LogP contribution in [0.5, 0.6) is 0 Å². The molecule has 5 heavy (non-hydrogen) atoms. The third-order valence-electron chi connectivity index (χ3n) is 0.110. The predicted octanol–water partition coefficient (Wildman–Crippen LogP) is -0.937. The number of rotatable bonds is 1. The van der Waals surface area contributed by atoms with Crippen LogP contribution in [0.25, 0.3) is 0 Å². The van der Waals surface area contributed by atoms with Gasteiger partial charge >= 0.3 is 5.97 Å². The van der Waals surface area contributed by atoms with Crippen molar-refractivity contribution in [1.29, 1.82) is 0 Å². The molecule has 0 aliphatic heterocycles. The summed E-state index contributed by atoms with van der Waals surface area (Å²) in [6.07, 6.45) is 0. The van der Waals surface area contributed by atoms with Crippen molar-refractivity contribution in [3.05, 3.63) is 0 Å². The van der Waals surface area contributed by atoms with E-state index in [-0.39, 0.29) is 0 Å². The van der Waals surface area contributed by atoms with Gasteiger partial charge < -0.3 is 10.2 Å². The first-order chi connectivity index (χ1) is 2.64. The number of aliphatic carboxylic acids is 1. The molecule has 30 valence electrons. The molecule has 1 unspecified atom stereocenters. The molecule has 0 aromatic rings. The molecule has 0 aromatic carbocycles. The Morgan fingerprint density at radius 2 is 2.40 bits per heavy atom. The van der Waals surface area contributed by atoms with Crippen LogP contribution in [0.1, 0.15) is 1.37 Å². The van der Waals surface area contributed by atoms with Gasteiger partial charge in [0.1, 0.15) is 6.58 Å². The van der Waals surface area contributed by atoms with E-state index in [0.717, 1.165) is 0 Å². The maximum absolute atomic E-state index is 9.26. The van der Waals surface area contributed by atoms with Crippen LogP contribution in [0.3, 0.4) is 0 Å². The highest BCUT2D eigenvalue weighted by molar-refractivity contribution is 5.67. The van der Waals surface area contributed by atoms with Crippen LogP contribution in [0, 0.1) is 0 Å². The Hall–Kier alpha value is -0.570. The number of carboxylic acids is 1. The smallest absolute Gasteiger partial charge is 0.329 e. The monoisotopic (exact) mass is 77.0 g/mol. The van der Waals surface area contributed by atoms with Gasteiger partial charge in [-0.3, -0.25) is 0 Å².